The number of benzene rings is 2. The highest BCUT2D eigenvalue weighted by Crippen LogP contribution is 2.31. The average molecular weight is 377 g/mol. The van der Waals surface area contributed by atoms with Gasteiger partial charge in [-0.3, -0.25) is 14.5 Å². The number of H-pyrrole nitrogens is 1. The maximum absolute atomic E-state index is 12.6. The number of carbonyl (C=O) groups excluding carboxylic acids is 3. The molecule has 8 heteroatoms. The van der Waals surface area contributed by atoms with E-state index in [9.17, 15) is 14.4 Å². The first-order valence-corrected chi connectivity index (χ1v) is 8.78. The minimum absolute atomic E-state index is 0.289. The molecule has 1 aliphatic rings. The number of hydrogen-bond donors (Lipinski definition) is 3. The zero-order valence-corrected chi connectivity index (χ0v) is 15.7. The maximum Gasteiger partial charge on any atom is 0.323 e. The number of urea groups is 1. The van der Waals surface area contributed by atoms with Crippen molar-refractivity contribution in [3.8, 4) is 0 Å². The van der Waals surface area contributed by atoms with E-state index in [0.29, 0.717) is 16.9 Å². The van der Waals surface area contributed by atoms with Gasteiger partial charge < -0.3 is 15.6 Å². The third-order valence-electron chi connectivity index (χ3n) is 4.49. The molecular weight excluding hydrogens is 358 g/mol. The van der Waals surface area contributed by atoms with Gasteiger partial charge in [-0.15, -0.1) is 0 Å². The van der Waals surface area contributed by atoms with Crippen LogP contribution in [0.2, 0.25) is 0 Å². The van der Waals surface area contributed by atoms with E-state index >= 15 is 0 Å². The van der Waals surface area contributed by atoms with Crippen LogP contribution in [-0.2, 0) is 0 Å². The zero-order valence-electron chi connectivity index (χ0n) is 15.7. The minimum atomic E-state index is -0.622. The average Bonchev–Trinajstić information content (AvgIpc) is 3.17. The predicted octanol–water partition coefficient (Wildman–Crippen LogP) is 3.60. The number of fused-ring (bicyclic) bond motifs is 2. The molecule has 2 heterocycles. The Bertz CT molecular complexity index is 1130. The first-order valence-electron chi connectivity index (χ1n) is 8.78. The number of carbonyl (C=O) groups is 3. The zero-order chi connectivity index (χ0) is 20.1. The van der Waals surface area contributed by atoms with Crippen LogP contribution >= 0.6 is 0 Å². The summed E-state index contributed by atoms with van der Waals surface area (Å²) in [7, 11) is 0. The largest absolute Gasteiger partial charge is 0.345 e. The van der Waals surface area contributed by atoms with Crippen LogP contribution in [0.25, 0.3) is 11.0 Å². The van der Waals surface area contributed by atoms with Gasteiger partial charge in [-0.1, -0.05) is 0 Å². The van der Waals surface area contributed by atoms with Crippen molar-refractivity contribution >= 4 is 40.3 Å². The van der Waals surface area contributed by atoms with E-state index in [1.165, 1.54) is 11.0 Å². The Balaban J connectivity index is 1.52. The Kier molecular flexibility index (Phi) is 3.92. The van der Waals surface area contributed by atoms with Crippen molar-refractivity contribution < 1.29 is 14.4 Å². The normalized spacial score (nSPS) is 13.8. The first-order chi connectivity index (χ1) is 13.2. The predicted molar refractivity (Wildman–Crippen MR) is 105 cm³/mol. The maximum atomic E-state index is 12.6. The molecule has 0 spiro atoms. The lowest BCUT2D eigenvalue weighted by Crippen LogP contribution is -2.45. The standard InChI is InChI=1S/C20H19N5O3/c1-20(2,3)25-17(26)13-6-4-11(8-14(13)18(25)27)23-19(28)24-12-5-7-15-16(9-12)22-10-21-15/h4-10H,1-3H3,(H,21,22)(H2,23,24,28). The van der Waals surface area contributed by atoms with E-state index in [-0.39, 0.29) is 17.4 Å². The highest BCUT2D eigenvalue weighted by atomic mass is 16.2. The number of aromatic nitrogens is 2. The highest BCUT2D eigenvalue weighted by Gasteiger charge is 2.41. The number of hydrogen-bond acceptors (Lipinski definition) is 4. The van der Waals surface area contributed by atoms with Gasteiger partial charge in [0.15, 0.2) is 0 Å². The number of imide groups is 1. The Labute approximate surface area is 160 Å². The van der Waals surface area contributed by atoms with E-state index in [0.717, 1.165) is 11.0 Å². The molecule has 0 radical (unpaired) electrons. The van der Waals surface area contributed by atoms with Crippen LogP contribution in [0.15, 0.2) is 42.7 Å². The Morgan fingerprint density at radius 2 is 1.61 bits per heavy atom. The molecule has 8 nitrogen and oxygen atoms in total. The summed E-state index contributed by atoms with van der Waals surface area (Å²) in [5, 5.41) is 5.43. The number of nitrogens with zero attached hydrogens (tertiary/aromatic N) is 2. The third kappa shape index (κ3) is 2.98. The molecule has 2 aromatic carbocycles. The van der Waals surface area contributed by atoms with Crippen LogP contribution in [0.3, 0.4) is 0 Å². The van der Waals surface area contributed by atoms with Gasteiger partial charge in [-0.2, -0.15) is 0 Å². The molecular formula is C20H19N5O3. The molecule has 1 aromatic heterocycles. The fourth-order valence-electron chi connectivity index (χ4n) is 3.23. The summed E-state index contributed by atoms with van der Waals surface area (Å²) in [6, 6.07) is 9.55. The number of anilines is 2. The second-order valence-corrected chi connectivity index (χ2v) is 7.59. The van der Waals surface area contributed by atoms with Gasteiger partial charge in [-0.25, -0.2) is 9.78 Å². The van der Waals surface area contributed by atoms with Crippen molar-refractivity contribution in [2.45, 2.75) is 26.3 Å². The smallest absolute Gasteiger partial charge is 0.323 e. The van der Waals surface area contributed by atoms with Crippen molar-refractivity contribution in [1.29, 1.82) is 0 Å². The molecule has 1 aliphatic heterocycles. The van der Waals surface area contributed by atoms with Gasteiger partial charge >= 0.3 is 6.03 Å². The second kappa shape index (κ2) is 6.19. The van der Waals surface area contributed by atoms with E-state index in [2.05, 4.69) is 20.6 Å². The molecule has 3 aromatic rings. The van der Waals surface area contributed by atoms with Crippen molar-refractivity contribution in [2.75, 3.05) is 10.6 Å². The second-order valence-electron chi connectivity index (χ2n) is 7.59. The van der Waals surface area contributed by atoms with E-state index in [1.807, 2.05) is 0 Å². The molecule has 0 aliphatic carbocycles. The van der Waals surface area contributed by atoms with Crippen LogP contribution < -0.4 is 10.6 Å². The van der Waals surface area contributed by atoms with Gasteiger partial charge in [-0.05, 0) is 57.2 Å². The SMILES string of the molecule is CC(C)(C)N1C(=O)c2ccc(NC(=O)Nc3ccc4nc[nH]c4c3)cc2C1=O. The lowest BCUT2D eigenvalue weighted by molar-refractivity contribution is 0.0507. The summed E-state index contributed by atoms with van der Waals surface area (Å²) in [6.45, 7) is 5.41. The van der Waals surface area contributed by atoms with Crippen molar-refractivity contribution in [3.05, 3.63) is 53.9 Å². The summed E-state index contributed by atoms with van der Waals surface area (Å²) < 4.78 is 0. The van der Waals surface area contributed by atoms with Crippen LogP contribution in [0.4, 0.5) is 16.2 Å². The van der Waals surface area contributed by atoms with Gasteiger partial charge in [0.25, 0.3) is 11.8 Å². The molecule has 0 fully saturated rings. The summed E-state index contributed by atoms with van der Waals surface area (Å²) in [5.41, 5.74) is 2.64. The van der Waals surface area contributed by atoms with E-state index in [1.54, 1.807) is 57.4 Å². The minimum Gasteiger partial charge on any atom is -0.345 e. The molecule has 3 N–H and O–H groups in total. The first kappa shape index (κ1) is 17.7. The van der Waals surface area contributed by atoms with Crippen LogP contribution in [0.5, 0.6) is 0 Å². The Hall–Kier alpha value is -3.68. The molecule has 0 unspecified atom stereocenters. The quantitative estimate of drug-likeness (QED) is 0.593. The fraction of sp³-hybridized carbons (Fsp3) is 0.200. The van der Waals surface area contributed by atoms with Crippen molar-refractivity contribution in [1.82, 2.24) is 14.9 Å². The third-order valence-corrected chi connectivity index (χ3v) is 4.49. The van der Waals surface area contributed by atoms with Crippen molar-refractivity contribution in [2.24, 2.45) is 0 Å². The molecule has 4 rings (SSSR count). The van der Waals surface area contributed by atoms with Crippen LogP contribution in [-0.4, -0.2) is 38.3 Å². The molecule has 0 saturated heterocycles. The summed E-state index contributed by atoms with van der Waals surface area (Å²) in [5.74, 6) is -0.683. The van der Waals surface area contributed by atoms with Gasteiger partial charge in [0.2, 0.25) is 0 Å². The van der Waals surface area contributed by atoms with E-state index < -0.39 is 11.6 Å². The fourth-order valence-corrected chi connectivity index (χ4v) is 3.23. The molecule has 0 atom stereocenters. The van der Waals surface area contributed by atoms with Crippen molar-refractivity contribution in [3.63, 3.8) is 0 Å². The van der Waals surface area contributed by atoms with Gasteiger partial charge in [0.1, 0.15) is 0 Å². The summed E-state index contributed by atoms with van der Waals surface area (Å²) >= 11 is 0. The molecule has 4 amide bonds. The van der Waals surface area contributed by atoms with Crippen LogP contribution in [0.1, 0.15) is 41.5 Å². The monoisotopic (exact) mass is 377 g/mol. The number of imidazole rings is 1. The molecule has 0 saturated carbocycles. The van der Waals surface area contributed by atoms with Crippen LogP contribution in [0, 0.1) is 0 Å². The topological polar surface area (TPSA) is 107 Å². The lowest BCUT2D eigenvalue weighted by atomic mass is 10.1. The Morgan fingerprint density at radius 3 is 2.32 bits per heavy atom. The number of amides is 4. The molecule has 0 bridgehead atoms. The molecule has 28 heavy (non-hydrogen) atoms. The number of rotatable bonds is 2. The summed E-state index contributed by atoms with van der Waals surface area (Å²) in [6.07, 6.45) is 1.58. The van der Waals surface area contributed by atoms with Gasteiger partial charge in [0, 0.05) is 16.9 Å². The highest BCUT2D eigenvalue weighted by molar-refractivity contribution is 6.22. The van der Waals surface area contributed by atoms with E-state index in [4.69, 9.17) is 0 Å². The summed E-state index contributed by atoms with van der Waals surface area (Å²) in [4.78, 5) is 45.8. The lowest BCUT2D eigenvalue weighted by Gasteiger charge is -2.29. The number of nitrogens with one attached hydrogen (secondary N) is 3. The molecule has 142 valence electrons. The van der Waals surface area contributed by atoms with Gasteiger partial charge in [0.05, 0.1) is 28.5 Å². The Morgan fingerprint density at radius 1 is 0.964 bits per heavy atom. The number of aromatic amines is 1.